The quantitative estimate of drug-likeness (QED) is 0.195. The van der Waals surface area contributed by atoms with E-state index >= 15 is 0 Å². The molecule has 0 bridgehead atoms. The lowest BCUT2D eigenvalue weighted by Crippen LogP contribution is -1.92. The molecule has 0 aliphatic heterocycles. The molecule has 0 amide bonds. The van der Waals surface area contributed by atoms with Crippen molar-refractivity contribution >= 4 is 54.5 Å². The van der Waals surface area contributed by atoms with Crippen molar-refractivity contribution in [3.05, 3.63) is 164 Å². The molecule has 0 atom stereocenters. The zero-order valence-electron chi connectivity index (χ0n) is 25.9. The first kappa shape index (κ1) is 25.8. The molecule has 10 aromatic rings. The van der Waals surface area contributed by atoms with E-state index in [1.165, 1.54) is 82.8 Å². The molecular formula is C46H27NO. The summed E-state index contributed by atoms with van der Waals surface area (Å²) < 4.78 is 8.73. The highest BCUT2D eigenvalue weighted by Crippen LogP contribution is 2.48. The Morgan fingerprint density at radius 2 is 0.938 bits per heavy atom. The van der Waals surface area contributed by atoms with E-state index in [9.17, 15) is 0 Å². The monoisotopic (exact) mass is 609 g/mol. The van der Waals surface area contributed by atoms with Gasteiger partial charge in [-0.05, 0) is 116 Å². The second kappa shape index (κ2) is 9.57. The zero-order chi connectivity index (χ0) is 31.3. The third kappa shape index (κ3) is 3.57. The maximum Gasteiger partial charge on any atom is 0.135 e. The van der Waals surface area contributed by atoms with Crippen LogP contribution in [-0.4, -0.2) is 4.57 Å². The molecule has 1 aliphatic carbocycles. The summed E-state index contributed by atoms with van der Waals surface area (Å²) in [7, 11) is 0. The van der Waals surface area contributed by atoms with Crippen LogP contribution in [0.2, 0.25) is 0 Å². The van der Waals surface area contributed by atoms with Crippen molar-refractivity contribution in [3.63, 3.8) is 0 Å². The molecule has 11 rings (SSSR count). The van der Waals surface area contributed by atoms with Gasteiger partial charge in [-0.15, -0.1) is 0 Å². The first-order valence-corrected chi connectivity index (χ1v) is 16.5. The highest BCUT2D eigenvalue weighted by atomic mass is 16.3. The van der Waals surface area contributed by atoms with Gasteiger partial charge in [0.1, 0.15) is 11.2 Å². The van der Waals surface area contributed by atoms with Gasteiger partial charge >= 0.3 is 0 Å². The van der Waals surface area contributed by atoms with Crippen molar-refractivity contribution in [1.82, 2.24) is 4.57 Å². The van der Waals surface area contributed by atoms with Gasteiger partial charge in [0.2, 0.25) is 0 Å². The molecule has 222 valence electrons. The van der Waals surface area contributed by atoms with Gasteiger partial charge in [0.05, 0.1) is 11.0 Å². The Bertz CT molecular complexity index is 2940. The van der Waals surface area contributed by atoms with Gasteiger partial charge in [0, 0.05) is 27.2 Å². The van der Waals surface area contributed by atoms with Crippen LogP contribution in [0, 0.1) is 0 Å². The largest absolute Gasteiger partial charge is 0.456 e. The second-order valence-electron chi connectivity index (χ2n) is 12.9. The summed E-state index contributed by atoms with van der Waals surface area (Å²) in [6, 6.07) is 59.5. The van der Waals surface area contributed by atoms with Gasteiger partial charge < -0.3 is 8.98 Å². The third-order valence-corrected chi connectivity index (χ3v) is 10.3. The summed E-state index contributed by atoms with van der Waals surface area (Å²) in [5, 5.41) is 7.43. The molecule has 2 heteroatoms. The number of hydrogen-bond donors (Lipinski definition) is 0. The Labute approximate surface area is 276 Å². The van der Waals surface area contributed by atoms with E-state index in [-0.39, 0.29) is 0 Å². The molecule has 0 unspecified atom stereocenters. The molecule has 0 saturated carbocycles. The highest BCUT2D eigenvalue weighted by Gasteiger charge is 2.22. The molecule has 0 saturated heterocycles. The van der Waals surface area contributed by atoms with Crippen molar-refractivity contribution in [2.75, 3.05) is 0 Å². The Morgan fingerprint density at radius 1 is 0.354 bits per heavy atom. The number of fused-ring (bicyclic) bond motifs is 9. The molecule has 2 nitrogen and oxygen atoms in total. The lowest BCUT2D eigenvalue weighted by Gasteiger charge is -2.08. The van der Waals surface area contributed by atoms with Crippen LogP contribution in [0.15, 0.2) is 168 Å². The van der Waals surface area contributed by atoms with Gasteiger partial charge in [-0.1, -0.05) is 103 Å². The van der Waals surface area contributed by atoms with Crippen LogP contribution in [-0.2, 0) is 0 Å². The smallest absolute Gasteiger partial charge is 0.135 e. The Hall–Kier alpha value is -6.38. The molecular weight excluding hydrogens is 583 g/mol. The van der Waals surface area contributed by atoms with Gasteiger partial charge in [0.15, 0.2) is 0 Å². The van der Waals surface area contributed by atoms with Crippen molar-refractivity contribution in [2.24, 2.45) is 0 Å². The maximum absolute atomic E-state index is 6.37. The van der Waals surface area contributed by atoms with E-state index < -0.39 is 0 Å². The van der Waals surface area contributed by atoms with Crippen molar-refractivity contribution in [3.8, 4) is 50.2 Å². The van der Waals surface area contributed by atoms with E-state index in [1.807, 2.05) is 0 Å². The summed E-state index contributed by atoms with van der Waals surface area (Å²) in [4.78, 5) is 0. The van der Waals surface area contributed by atoms with Gasteiger partial charge in [-0.3, -0.25) is 0 Å². The average molecular weight is 610 g/mol. The molecule has 2 heterocycles. The first-order valence-electron chi connectivity index (χ1n) is 16.5. The predicted octanol–water partition coefficient (Wildman–Crippen LogP) is 12.8. The Balaban J connectivity index is 1.04. The number of furan rings is 1. The molecule has 0 spiro atoms. The van der Waals surface area contributed by atoms with Crippen LogP contribution in [0.25, 0.3) is 105 Å². The van der Waals surface area contributed by atoms with Crippen LogP contribution in [0.4, 0.5) is 0 Å². The average Bonchev–Trinajstić information content (AvgIpc) is 3.80. The van der Waals surface area contributed by atoms with Crippen LogP contribution in [0.3, 0.4) is 0 Å². The van der Waals surface area contributed by atoms with Crippen LogP contribution < -0.4 is 0 Å². The maximum atomic E-state index is 6.37. The lowest BCUT2D eigenvalue weighted by molar-refractivity contribution is 0.669. The summed E-state index contributed by atoms with van der Waals surface area (Å²) in [5.74, 6) is 0. The minimum atomic E-state index is 0.906. The number of hydrogen-bond acceptors (Lipinski definition) is 1. The van der Waals surface area contributed by atoms with Crippen LogP contribution in [0.1, 0.15) is 0 Å². The lowest BCUT2D eigenvalue weighted by atomic mass is 9.96. The van der Waals surface area contributed by atoms with Gasteiger partial charge in [-0.2, -0.15) is 0 Å². The fraction of sp³-hybridized carbons (Fsp3) is 0. The minimum Gasteiger partial charge on any atom is -0.456 e. The van der Waals surface area contributed by atoms with Gasteiger partial charge in [-0.25, -0.2) is 0 Å². The fourth-order valence-electron chi connectivity index (χ4n) is 8.12. The fourth-order valence-corrected chi connectivity index (χ4v) is 8.12. The molecule has 0 fully saturated rings. The van der Waals surface area contributed by atoms with E-state index in [4.69, 9.17) is 4.42 Å². The number of aromatic nitrogens is 1. The Morgan fingerprint density at radius 3 is 1.69 bits per heavy atom. The van der Waals surface area contributed by atoms with E-state index in [0.717, 1.165) is 21.9 Å². The number of nitrogens with zero attached hydrogens (tertiary/aromatic N) is 1. The van der Waals surface area contributed by atoms with E-state index in [2.05, 4.69) is 168 Å². The molecule has 0 radical (unpaired) electrons. The second-order valence-corrected chi connectivity index (χ2v) is 12.9. The van der Waals surface area contributed by atoms with E-state index in [0.29, 0.717) is 0 Å². The zero-order valence-corrected chi connectivity index (χ0v) is 25.9. The van der Waals surface area contributed by atoms with Crippen molar-refractivity contribution in [1.29, 1.82) is 0 Å². The molecule has 8 aromatic carbocycles. The SMILES string of the molecule is c1ccc(-n2c3ccccc3c3cc(-c4ccc5oc6ccc(-c7ccc8c(c7)-c7cccc9cccc-8c79)cc6c5c4)ccc32)cc1. The predicted molar refractivity (Wildman–Crippen MR) is 201 cm³/mol. The highest BCUT2D eigenvalue weighted by molar-refractivity contribution is 6.16. The summed E-state index contributed by atoms with van der Waals surface area (Å²) >= 11 is 0. The minimum absolute atomic E-state index is 0.906. The summed E-state index contributed by atoms with van der Waals surface area (Å²) in [6.45, 7) is 0. The Kier molecular flexibility index (Phi) is 5.14. The molecule has 2 aromatic heterocycles. The normalized spacial score (nSPS) is 12.2. The number of benzene rings is 8. The van der Waals surface area contributed by atoms with Crippen LogP contribution in [0.5, 0.6) is 0 Å². The molecule has 1 aliphatic rings. The number of para-hydroxylation sites is 2. The van der Waals surface area contributed by atoms with E-state index in [1.54, 1.807) is 0 Å². The summed E-state index contributed by atoms with van der Waals surface area (Å²) in [6.07, 6.45) is 0. The van der Waals surface area contributed by atoms with Crippen molar-refractivity contribution in [2.45, 2.75) is 0 Å². The van der Waals surface area contributed by atoms with Crippen molar-refractivity contribution < 1.29 is 4.42 Å². The summed E-state index contributed by atoms with van der Waals surface area (Å²) in [5.41, 5.74) is 15.5. The molecule has 48 heavy (non-hydrogen) atoms. The first-order chi connectivity index (χ1) is 23.8. The topological polar surface area (TPSA) is 18.1 Å². The van der Waals surface area contributed by atoms with Gasteiger partial charge in [0.25, 0.3) is 0 Å². The van der Waals surface area contributed by atoms with Crippen LogP contribution >= 0.6 is 0 Å². The third-order valence-electron chi connectivity index (χ3n) is 10.3. The number of rotatable bonds is 3. The standard InChI is InChI=1S/C46H27NO/c1-2-10-33(11-3-1)47-42-15-5-4-12-35(42)39-25-30(17-21-43(39)47)32-19-23-45-41(27-32)40-26-31(18-22-44(40)48-45)29-16-20-34-36-13-6-8-28-9-7-14-37(46(28)36)38(34)24-29/h1-27H. The molecule has 0 N–H and O–H groups in total.